The number of rotatable bonds is 5. The lowest BCUT2D eigenvalue weighted by Gasteiger charge is -2.14. The number of ether oxygens (including phenoxy) is 1. The first-order chi connectivity index (χ1) is 7.88. The normalized spacial score (nSPS) is 16.3. The van der Waals surface area contributed by atoms with Gasteiger partial charge in [0.25, 0.3) is 0 Å². The summed E-state index contributed by atoms with van der Waals surface area (Å²) in [5, 5.41) is 3.55. The number of benzene rings is 1. The summed E-state index contributed by atoms with van der Waals surface area (Å²) in [4.78, 5) is 0. The second-order valence-corrected chi connectivity index (χ2v) is 4.29. The molecule has 1 aliphatic carbocycles. The van der Waals surface area contributed by atoms with Crippen LogP contribution in [-0.2, 0) is 0 Å². The van der Waals surface area contributed by atoms with Crippen molar-refractivity contribution in [2.75, 3.05) is 18.5 Å². The molecule has 0 bridgehead atoms. The Balaban J connectivity index is 1.92. The van der Waals surface area contributed by atoms with E-state index in [2.05, 4.69) is 11.4 Å². The predicted octanol–water partition coefficient (Wildman–Crippen LogP) is 2.38. The molecular formula is C13H20N2O. The number of nitrogens with one attached hydrogen (secondary N) is 1. The Hall–Kier alpha value is -1.22. The summed E-state index contributed by atoms with van der Waals surface area (Å²) >= 11 is 0. The van der Waals surface area contributed by atoms with E-state index < -0.39 is 0 Å². The van der Waals surface area contributed by atoms with E-state index in [4.69, 9.17) is 10.5 Å². The van der Waals surface area contributed by atoms with Gasteiger partial charge in [-0.15, -0.1) is 0 Å². The largest absolute Gasteiger partial charge is 0.492 e. The Labute approximate surface area is 97.0 Å². The molecule has 0 amide bonds. The SMILES string of the molecule is NCCOc1cccc(NC2CCCC2)c1. The van der Waals surface area contributed by atoms with Gasteiger partial charge in [-0.25, -0.2) is 0 Å². The van der Waals surface area contributed by atoms with E-state index in [0.717, 1.165) is 11.4 Å². The van der Waals surface area contributed by atoms with E-state index in [1.54, 1.807) is 0 Å². The number of anilines is 1. The third kappa shape index (κ3) is 3.14. The average Bonchev–Trinajstić information content (AvgIpc) is 2.80. The smallest absolute Gasteiger partial charge is 0.121 e. The predicted molar refractivity (Wildman–Crippen MR) is 66.9 cm³/mol. The third-order valence-corrected chi connectivity index (χ3v) is 2.95. The van der Waals surface area contributed by atoms with Crippen molar-refractivity contribution in [2.45, 2.75) is 31.7 Å². The van der Waals surface area contributed by atoms with E-state index in [9.17, 15) is 0 Å². The molecule has 2 rings (SSSR count). The molecule has 1 fully saturated rings. The van der Waals surface area contributed by atoms with Crippen molar-refractivity contribution in [1.29, 1.82) is 0 Å². The Morgan fingerprint density at radius 1 is 1.31 bits per heavy atom. The summed E-state index contributed by atoms with van der Waals surface area (Å²) < 4.78 is 5.50. The van der Waals surface area contributed by atoms with Crippen LogP contribution < -0.4 is 15.8 Å². The zero-order valence-corrected chi connectivity index (χ0v) is 9.61. The Morgan fingerprint density at radius 2 is 2.12 bits per heavy atom. The molecule has 0 aliphatic heterocycles. The number of nitrogens with two attached hydrogens (primary N) is 1. The summed E-state index contributed by atoms with van der Waals surface area (Å²) in [6.07, 6.45) is 5.27. The fourth-order valence-electron chi connectivity index (χ4n) is 2.16. The first-order valence-electron chi connectivity index (χ1n) is 6.08. The van der Waals surface area contributed by atoms with Crippen LogP contribution in [0.25, 0.3) is 0 Å². The third-order valence-electron chi connectivity index (χ3n) is 2.95. The fourth-order valence-corrected chi connectivity index (χ4v) is 2.16. The number of hydrogen-bond acceptors (Lipinski definition) is 3. The summed E-state index contributed by atoms with van der Waals surface area (Å²) in [5.74, 6) is 0.897. The molecule has 0 unspecified atom stereocenters. The van der Waals surface area contributed by atoms with E-state index in [1.807, 2.05) is 18.2 Å². The van der Waals surface area contributed by atoms with Crippen molar-refractivity contribution in [3.63, 3.8) is 0 Å². The van der Waals surface area contributed by atoms with Crippen LogP contribution in [0.1, 0.15) is 25.7 Å². The summed E-state index contributed by atoms with van der Waals surface area (Å²) in [5.41, 5.74) is 6.56. The molecule has 3 heteroatoms. The van der Waals surface area contributed by atoms with E-state index >= 15 is 0 Å². The lowest BCUT2D eigenvalue weighted by Crippen LogP contribution is -2.14. The minimum atomic E-state index is 0.556. The van der Waals surface area contributed by atoms with E-state index in [-0.39, 0.29) is 0 Å². The van der Waals surface area contributed by atoms with Crippen LogP contribution in [0.15, 0.2) is 24.3 Å². The van der Waals surface area contributed by atoms with Crippen molar-refractivity contribution in [3.05, 3.63) is 24.3 Å². The topological polar surface area (TPSA) is 47.3 Å². The molecular weight excluding hydrogens is 200 g/mol. The first-order valence-corrected chi connectivity index (χ1v) is 6.08. The van der Waals surface area contributed by atoms with Crippen molar-refractivity contribution in [1.82, 2.24) is 0 Å². The summed E-state index contributed by atoms with van der Waals surface area (Å²) in [7, 11) is 0. The van der Waals surface area contributed by atoms with Gasteiger partial charge in [0.05, 0.1) is 0 Å². The lowest BCUT2D eigenvalue weighted by molar-refractivity contribution is 0.328. The van der Waals surface area contributed by atoms with Gasteiger partial charge in [-0.1, -0.05) is 18.9 Å². The van der Waals surface area contributed by atoms with Crippen LogP contribution >= 0.6 is 0 Å². The van der Waals surface area contributed by atoms with Crippen molar-refractivity contribution in [2.24, 2.45) is 5.73 Å². The second-order valence-electron chi connectivity index (χ2n) is 4.29. The zero-order chi connectivity index (χ0) is 11.2. The molecule has 16 heavy (non-hydrogen) atoms. The summed E-state index contributed by atoms with van der Waals surface area (Å²) in [6, 6.07) is 8.77. The van der Waals surface area contributed by atoms with Gasteiger partial charge < -0.3 is 15.8 Å². The molecule has 0 saturated heterocycles. The van der Waals surface area contributed by atoms with Gasteiger partial charge in [-0.2, -0.15) is 0 Å². The van der Waals surface area contributed by atoms with E-state index in [1.165, 1.54) is 25.7 Å². The van der Waals surface area contributed by atoms with Crippen LogP contribution in [0.2, 0.25) is 0 Å². The van der Waals surface area contributed by atoms with Gasteiger partial charge in [0, 0.05) is 24.3 Å². The Morgan fingerprint density at radius 3 is 2.88 bits per heavy atom. The molecule has 1 saturated carbocycles. The van der Waals surface area contributed by atoms with Crippen molar-refractivity contribution < 1.29 is 4.74 Å². The molecule has 0 heterocycles. The summed E-state index contributed by atoms with van der Waals surface area (Å²) in [6.45, 7) is 1.13. The quantitative estimate of drug-likeness (QED) is 0.801. The standard InChI is InChI=1S/C13H20N2O/c14-8-9-16-13-7-3-6-12(10-13)15-11-4-1-2-5-11/h3,6-7,10-11,15H,1-2,4-5,8-9,14H2. The fraction of sp³-hybridized carbons (Fsp3) is 0.538. The molecule has 0 aromatic heterocycles. The van der Waals surface area contributed by atoms with Gasteiger partial charge in [0.2, 0.25) is 0 Å². The zero-order valence-electron chi connectivity index (χ0n) is 9.61. The van der Waals surface area contributed by atoms with Crippen LogP contribution in [0.4, 0.5) is 5.69 Å². The van der Waals surface area contributed by atoms with Crippen LogP contribution in [-0.4, -0.2) is 19.2 Å². The van der Waals surface area contributed by atoms with Crippen molar-refractivity contribution in [3.8, 4) is 5.75 Å². The number of hydrogen-bond donors (Lipinski definition) is 2. The second kappa shape index (κ2) is 5.75. The Bertz CT molecular complexity index is 321. The highest BCUT2D eigenvalue weighted by molar-refractivity contribution is 5.48. The average molecular weight is 220 g/mol. The van der Waals surface area contributed by atoms with Gasteiger partial charge in [-0.05, 0) is 25.0 Å². The minimum absolute atomic E-state index is 0.556. The molecule has 0 atom stereocenters. The first kappa shape index (κ1) is 11.3. The van der Waals surface area contributed by atoms with Crippen LogP contribution in [0.5, 0.6) is 5.75 Å². The Kier molecular flexibility index (Phi) is 4.05. The van der Waals surface area contributed by atoms with Crippen LogP contribution in [0, 0.1) is 0 Å². The molecule has 88 valence electrons. The highest BCUT2D eigenvalue weighted by Gasteiger charge is 2.14. The molecule has 1 aromatic rings. The minimum Gasteiger partial charge on any atom is -0.492 e. The maximum atomic E-state index is 5.50. The molecule has 0 radical (unpaired) electrons. The monoisotopic (exact) mass is 220 g/mol. The highest BCUT2D eigenvalue weighted by atomic mass is 16.5. The lowest BCUT2D eigenvalue weighted by atomic mass is 10.2. The molecule has 0 spiro atoms. The molecule has 3 N–H and O–H groups in total. The molecule has 1 aromatic carbocycles. The van der Waals surface area contributed by atoms with Crippen molar-refractivity contribution >= 4 is 5.69 Å². The maximum Gasteiger partial charge on any atom is 0.121 e. The van der Waals surface area contributed by atoms with Crippen LogP contribution in [0.3, 0.4) is 0 Å². The van der Waals surface area contributed by atoms with Gasteiger partial charge in [0.15, 0.2) is 0 Å². The molecule has 1 aliphatic rings. The van der Waals surface area contributed by atoms with Gasteiger partial charge in [0.1, 0.15) is 12.4 Å². The van der Waals surface area contributed by atoms with E-state index in [0.29, 0.717) is 19.2 Å². The van der Waals surface area contributed by atoms with Gasteiger partial charge in [-0.3, -0.25) is 0 Å². The maximum absolute atomic E-state index is 5.50. The molecule has 3 nitrogen and oxygen atoms in total. The van der Waals surface area contributed by atoms with Gasteiger partial charge >= 0.3 is 0 Å². The highest BCUT2D eigenvalue weighted by Crippen LogP contribution is 2.24.